The highest BCUT2D eigenvalue weighted by Gasteiger charge is 2.18. The van der Waals surface area contributed by atoms with Gasteiger partial charge in [0.05, 0.1) is 6.20 Å². The average molecular weight is 257 g/mol. The van der Waals surface area contributed by atoms with Crippen molar-refractivity contribution in [3.8, 4) is 0 Å². The zero-order valence-corrected chi connectivity index (χ0v) is 10.9. The van der Waals surface area contributed by atoms with E-state index in [4.69, 9.17) is 0 Å². The number of nitrogens with zero attached hydrogens (tertiary/aromatic N) is 3. The third-order valence-electron chi connectivity index (χ3n) is 2.85. The molecule has 0 saturated heterocycles. The predicted octanol–water partition coefficient (Wildman–Crippen LogP) is 2.64. The van der Waals surface area contributed by atoms with E-state index in [0.717, 1.165) is 11.3 Å². The van der Waals surface area contributed by atoms with Gasteiger partial charge in [-0.2, -0.15) is 5.10 Å². The molecule has 1 heterocycles. The van der Waals surface area contributed by atoms with Crippen molar-refractivity contribution in [3.63, 3.8) is 0 Å². The van der Waals surface area contributed by atoms with Crippen LogP contribution < -0.4 is 4.90 Å². The smallest absolute Gasteiger partial charge is 0.339 e. The molecule has 0 saturated carbocycles. The van der Waals surface area contributed by atoms with Crippen LogP contribution in [0.3, 0.4) is 0 Å². The van der Waals surface area contributed by atoms with Crippen LogP contribution >= 0.6 is 0 Å². The normalized spacial score (nSPS) is 10.2. The molecule has 0 atom stereocenters. The molecule has 98 valence electrons. The first-order valence-corrected chi connectivity index (χ1v) is 6.02. The third-order valence-corrected chi connectivity index (χ3v) is 2.85. The van der Waals surface area contributed by atoms with Crippen molar-refractivity contribution < 1.29 is 9.90 Å². The molecule has 19 heavy (non-hydrogen) atoms. The minimum absolute atomic E-state index is 0.150. The number of carbonyl (C=O) groups is 1. The number of carboxylic acid groups (broad SMARTS) is 1. The van der Waals surface area contributed by atoms with Crippen molar-refractivity contribution in [3.05, 3.63) is 47.7 Å². The van der Waals surface area contributed by atoms with Crippen LogP contribution in [0.4, 0.5) is 11.5 Å². The lowest BCUT2D eigenvalue weighted by Gasteiger charge is -2.22. The number of hydrogen-bond donors (Lipinski definition) is 1. The van der Waals surface area contributed by atoms with Crippen molar-refractivity contribution in [2.24, 2.45) is 0 Å². The van der Waals surface area contributed by atoms with Crippen LogP contribution in [0.1, 0.15) is 22.8 Å². The second-order valence-corrected chi connectivity index (χ2v) is 4.15. The highest BCUT2D eigenvalue weighted by Crippen LogP contribution is 2.26. The summed E-state index contributed by atoms with van der Waals surface area (Å²) >= 11 is 0. The van der Waals surface area contributed by atoms with Crippen LogP contribution in [-0.2, 0) is 0 Å². The number of anilines is 2. The summed E-state index contributed by atoms with van der Waals surface area (Å²) in [6.07, 6.45) is 1.38. The molecule has 0 bridgehead atoms. The maximum absolute atomic E-state index is 11.2. The number of aromatic nitrogens is 2. The van der Waals surface area contributed by atoms with Crippen LogP contribution in [-0.4, -0.2) is 27.8 Å². The number of benzene rings is 1. The molecule has 2 aromatic rings. The largest absolute Gasteiger partial charge is 0.478 e. The fourth-order valence-electron chi connectivity index (χ4n) is 1.87. The van der Waals surface area contributed by atoms with Crippen molar-refractivity contribution in [1.29, 1.82) is 0 Å². The first kappa shape index (κ1) is 13.0. The van der Waals surface area contributed by atoms with Crippen molar-refractivity contribution in [1.82, 2.24) is 10.2 Å². The van der Waals surface area contributed by atoms with E-state index in [0.29, 0.717) is 12.4 Å². The van der Waals surface area contributed by atoms with Crippen molar-refractivity contribution in [2.75, 3.05) is 11.4 Å². The van der Waals surface area contributed by atoms with Crippen LogP contribution in [0, 0.1) is 6.92 Å². The quantitative estimate of drug-likeness (QED) is 0.912. The summed E-state index contributed by atoms with van der Waals surface area (Å²) in [4.78, 5) is 13.1. The Labute approximate surface area is 111 Å². The fourth-order valence-corrected chi connectivity index (χ4v) is 1.87. The fraction of sp³-hybridized carbons (Fsp3) is 0.214. The Morgan fingerprint density at radius 2 is 1.95 bits per heavy atom. The van der Waals surface area contributed by atoms with E-state index in [1.807, 2.05) is 43.0 Å². The van der Waals surface area contributed by atoms with Crippen LogP contribution in [0.2, 0.25) is 0 Å². The topological polar surface area (TPSA) is 66.3 Å². The number of rotatable bonds is 4. The van der Waals surface area contributed by atoms with Gasteiger partial charge in [0.25, 0.3) is 0 Å². The minimum atomic E-state index is -1.00. The molecule has 1 aromatic heterocycles. The molecular weight excluding hydrogens is 242 g/mol. The number of hydrogen-bond acceptors (Lipinski definition) is 4. The van der Waals surface area contributed by atoms with Gasteiger partial charge in [0.1, 0.15) is 5.56 Å². The summed E-state index contributed by atoms with van der Waals surface area (Å²) in [6, 6.07) is 9.31. The lowest BCUT2D eigenvalue weighted by molar-refractivity contribution is 0.0697. The zero-order chi connectivity index (χ0) is 13.8. The Kier molecular flexibility index (Phi) is 3.75. The summed E-state index contributed by atoms with van der Waals surface area (Å²) in [6.45, 7) is 4.56. The van der Waals surface area contributed by atoms with Gasteiger partial charge in [-0.1, -0.05) is 17.7 Å². The summed E-state index contributed by atoms with van der Waals surface area (Å²) in [7, 11) is 0. The van der Waals surface area contributed by atoms with Gasteiger partial charge >= 0.3 is 5.97 Å². The Hall–Kier alpha value is -2.43. The first-order chi connectivity index (χ1) is 9.13. The molecule has 0 radical (unpaired) electrons. The van der Waals surface area contributed by atoms with E-state index in [1.54, 1.807) is 0 Å². The molecule has 5 nitrogen and oxygen atoms in total. The molecule has 0 aliphatic rings. The van der Waals surface area contributed by atoms with Gasteiger partial charge in [-0.3, -0.25) is 0 Å². The Morgan fingerprint density at radius 1 is 1.26 bits per heavy atom. The summed E-state index contributed by atoms with van der Waals surface area (Å²) in [5.41, 5.74) is 2.20. The van der Waals surface area contributed by atoms with Gasteiger partial charge < -0.3 is 10.0 Å². The maximum atomic E-state index is 11.2. The number of carboxylic acids is 1. The standard InChI is InChI=1S/C14H15N3O2/c1-3-17(11-6-4-10(2)5-7-11)13-12(14(18)19)8-9-15-16-13/h4-9H,3H2,1-2H3,(H,18,19). The van der Waals surface area contributed by atoms with Crippen LogP contribution in [0.25, 0.3) is 0 Å². The Morgan fingerprint density at radius 3 is 2.53 bits per heavy atom. The summed E-state index contributed by atoms with van der Waals surface area (Å²) in [5, 5.41) is 17.0. The number of aryl methyl sites for hydroxylation is 1. The highest BCUT2D eigenvalue weighted by atomic mass is 16.4. The second-order valence-electron chi connectivity index (χ2n) is 4.15. The number of aromatic carboxylic acids is 1. The monoisotopic (exact) mass is 257 g/mol. The van der Waals surface area contributed by atoms with E-state index in [-0.39, 0.29) is 5.56 Å². The third kappa shape index (κ3) is 2.70. The van der Waals surface area contributed by atoms with E-state index in [2.05, 4.69) is 10.2 Å². The lowest BCUT2D eigenvalue weighted by atomic mass is 10.2. The van der Waals surface area contributed by atoms with Crippen molar-refractivity contribution in [2.45, 2.75) is 13.8 Å². The molecule has 2 rings (SSSR count). The summed E-state index contributed by atoms with van der Waals surface area (Å²) in [5.74, 6) is -0.642. The molecule has 0 aliphatic carbocycles. The van der Waals surface area contributed by atoms with Gasteiger partial charge in [-0.25, -0.2) is 4.79 Å². The SMILES string of the molecule is CCN(c1ccc(C)cc1)c1nnccc1C(=O)O. The van der Waals surface area contributed by atoms with E-state index in [9.17, 15) is 9.90 Å². The first-order valence-electron chi connectivity index (χ1n) is 6.02. The van der Waals surface area contributed by atoms with Gasteiger partial charge in [-0.05, 0) is 32.0 Å². The Bertz CT molecular complexity index is 581. The average Bonchev–Trinajstić information content (AvgIpc) is 2.42. The van der Waals surface area contributed by atoms with Crippen molar-refractivity contribution >= 4 is 17.5 Å². The summed E-state index contributed by atoms with van der Waals surface area (Å²) < 4.78 is 0. The maximum Gasteiger partial charge on any atom is 0.339 e. The highest BCUT2D eigenvalue weighted by molar-refractivity contribution is 5.94. The molecule has 0 spiro atoms. The zero-order valence-electron chi connectivity index (χ0n) is 10.9. The molecule has 0 amide bonds. The molecule has 1 aromatic carbocycles. The molecule has 0 aliphatic heterocycles. The van der Waals surface area contributed by atoms with E-state index < -0.39 is 5.97 Å². The Balaban J connectivity index is 2.48. The van der Waals surface area contributed by atoms with Gasteiger partial charge in [0, 0.05) is 12.2 Å². The van der Waals surface area contributed by atoms with E-state index >= 15 is 0 Å². The minimum Gasteiger partial charge on any atom is -0.478 e. The predicted molar refractivity (Wildman–Crippen MR) is 72.9 cm³/mol. The van der Waals surface area contributed by atoms with Crippen LogP contribution in [0.5, 0.6) is 0 Å². The van der Waals surface area contributed by atoms with Gasteiger partial charge in [0.2, 0.25) is 0 Å². The molecule has 0 fully saturated rings. The molecule has 1 N–H and O–H groups in total. The molecule has 5 heteroatoms. The van der Waals surface area contributed by atoms with Crippen LogP contribution in [0.15, 0.2) is 36.5 Å². The molecule has 0 unspecified atom stereocenters. The van der Waals surface area contributed by atoms with Gasteiger partial charge in [-0.15, -0.1) is 5.10 Å². The molecular formula is C14H15N3O2. The second kappa shape index (κ2) is 5.48. The lowest BCUT2D eigenvalue weighted by Crippen LogP contribution is -2.21. The van der Waals surface area contributed by atoms with Gasteiger partial charge in [0.15, 0.2) is 5.82 Å². The van der Waals surface area contributed by atoms with E-state index in [1.165, 1.54) is 12.3 Å².